The van der Waals surface area contributed by atoms with Gasteiger partial charge in [0.25, 0.3) is 0 Å². The van der Waals surface area contributed by atoms with Crippen LogP contribution in [0.3, 0.4) is 0 Å². The number of Topliss-reactive ketones (excluding diaryl/α,β-unsaturated/α-hetero) is 1. The van der Waals surface area contributed by atoms with Crippen molar-refractivity contribution in [2.24, 2.45) is 11.7 Å². The van der Waals surface area contributed by atoms with Gasteiger partial charge in [-0.1, -0.05) is 35.9 Å². The molecule has 224 valence electrons. The topological polar surface area (TPSA) is 113 Å². The maximum atomic E-state index is 15.2. The molecule has 0 spiro atoms. The fourth-order valence-corrected chi connectivity index (χ4v) is 8.96. The molecule has 2 heterocycles. The first-order valence-electron chi connectivity index (χ1n) is 14.8. The predicted molar refractivity (Wildman–Crippen MR) is 159 cm³/mol. The van der Waals surface area contributed by atoms with Gasteiger partial charge in [-0.15, -0.1) is 0 Å². The van der Waals surface area contributed by atoms with Crippen LogP contribution in [0.4, 0.5) is 4.39 Å². The minimum Gasteiger partial charge on any atom is -0.393 e. The maximum Gasteiger partial charge on any atom is 0.214 e. The number of piperazine rings is 1. The van der Waals surface area contributed by atoms with Crippen LogP contribution in [0.1, 0.15) is 67.6 Å². The maximum absolute atomic E-state index is 15.2. The molecule has 0 aromatic heterocycles. The van der Waals surface area contributed by atoms with Crippen molar-refractivity contribution in [2.45, 2.75) is 87.9 Å². The highest BCUT2D eigenvalue weighted by molar-refractivity contribution is 7.89. The Morgan fingerprint density at radius 1 is 1.12 bits per heavy atom. The van der Waals surface area contributed by atoms with Crippen LogP contribution in [0, 0.1) is 11.7 Å². The Morgan fingerprint density at radius 3 is 2.59 bits per heavy atom. The summed E-state index contributed by atoms with van der Waals surface area (Å²) in [5.41, 5.74) is 8.69. The first-order chi connectivity index (χ1) is 19.6. The molecule has 1 aliphatic carbocycles. The summed E-state index contributed by atoms with van der Waals surface area (Å²) in [6.07, 6.45) is 4.84. The fraction of sp³-hybridized carbons (Fsp3) is 0.581. The summed E-state index contributed by atoms with van der Waals surface area (Å²) in [5, 5.41) is 14.1. The van der Waals surface area contributed by atoms with Crippen LogP contribution in [0.2, 0.25) is 5.02 Å². The predicted octanol–water partition coefficient (Wildman–Crippen LogP) is 3.95. The molecule has 0 amide bonds. The Hall–Kier alpha value is -1.88. The molecule has 1 saturated carbocycles. The number of carbonyl (C=O) groups is 1. The van der Waals surface area contributed by atoms with Gasteiger partial charge in [-0.25, -0.2) is 12.8 Å². The van der Waals surface area contributed by atoms with Crippen LogP contribution >= 0.6 is 11.6 Å². The first kappa shape index (κ1) is 30.6. The highest BCUT2D eigenvalue weighted by Crippen LogP contribution is 2.39. The van der Waals surface area contributed by atoms with Gasteiger partial charge in [-0.05, 0) is 92.2 Å². The molecule has 2 unspecified atom stereocenters. The summed E-state index contributed by atoms with van der Waals surface area (Å²) >= 11 is 6.13. The van der Waals surface area contributed by atoms with Crippen LogP contribution in [0.15, 0.2) is 42.5 Å². The Bertz CT molecular complexity index is 1320. The second kappa shape index (κ2) is 13.2. The number of halogens is 2. The van der Waals surface area contributed by atoms with Crippen molar-refractivity contribution in [3.8, 4) is 0 Å². The van der Waals surface area contributed by atoms with E-state index in [4.69, 9.17) is 17.3 Å². The fourth-order valence-electron chi connectivity index (χ4n) is 7.03. The third-order valence-corrected chi connectivity index (χ3v) is 11.6. The van der Waals surface area contributed by atoms with Gasteiger partial charge in [0.05, 0.1) is 17.9 Å². The van der Waals surface area contributed by atoms with Crippen LogP contribution in [0.25, 0.3) is 0 Å². The Balaban J connectivity index is 1.32. The highest BCUT2D eigenvalue weighted by atomic mass is 35.5. The van der Waals surface area contributed by atoms with Crippen LogP contribution in [0.5, 0.6) is 0 Å². The van der Waals surface area contributed by atoms with E-state index in [0.29, 0.717) is 61.3 Å². The van der Waals surface area contributed by atoms with Crippen molar-refractivity contribution in [2.75, 3.05) is 18.8 Å². The molecular weight excluding hydrogens is 565 g/mol. The number of ketones is 1. The number of rotatable bonds is 9. The third kappa shape index (κ3) is 7.20. The molecule has 4 N–H and O–H groups in total. The SMILES string of the molecule is NC(C(=O)Cc1cccc(F)c1CC[C@H]1CN[C@@H]2CCCS(=O)(=O)N1C2)[C@@H](c1ccc(Cl)cc1)C1CCC(O)CC1. The van der Waals surface area contributed by atoms with E-state index in [-0.39, 0.29) is 53.8 Å². The molecule has 7 nitrogen and oxygen atoms in total. The monoisotopic (exact) mass is 605 g/mol. The van der Waals surface area contributed by atoms with Gasteiger partial charge in [0.2, 0.25) is 10.0 Å². The lowest BCUT2D eigenvalue weighted by Crippen LogP contribution is -2.57. The summed E-state index contributed by atoms with van der Waals surface area (Å²) in [4.78, 5) is 13.7. The number of carbonyl (C=O) groups excluding carboxylic acids is 1. The van der Waals surface area contributed by atoms with Gasteiger partial charge in [0.1, 0.15) is 5.82 Å². The summed E-state index contributed by atoms with van der Waals surface area (Å²) in [6, 6.07) is 11.3. The van der Waals surface area contributed by atoms with Gasteiger partial charge in [-0.3, -0.25) is 4.79 Å². The van der Waals surface area contributed by atoms with Gasteiger partial charge >= 0.3 is 0 Å². The average molecular weight is 606 g/mol. The average Bonchev–Trinajstić information content (AvgIpc) is 3.06. The lowest BCUT2D eigenvalue weighted by atomic mass is 9.71. The second-order valence-electron chi connectivity index (χ2n) is 12.0. The smallest absolute Gasteiger partial charge is 0.214 e. The lowest BCUT2D eigenvalue weighted by molar-refractivity contribution is -0.120. The van der Waals surface area contributed by atoms with E-state index in [1.54, 1.807) is 28.6 Å². The second-order valence-corrected chi connectivity index (χ2v) is 14.5. The normalized spacial score (nSPS) is 29.3. The molecule has 41 heavy (non-hydrogen) atoms. The van der Waals surface area contributed by atoms with Gasteiger partial charge in [-0.2, -0.15) is 4.31 Å². The summed E-state index contributed by atoms with van der Waals surface area (Å²) < 4.78 is 42.6. The molecule has 2 aromatic carbocycles. The van der Waals surface area contributed by atoms with E-state index in [1.165, 1.54) is 6.07 Å². The van der Waals surface area contributed by atoms with Crippen LogP contribution in [-0.4, -0.2) is 66.7 Å². The van der Waals surface area contributed by atoms with Crippen LogP contribution < -0.4 is 11.1 Å². The number of fused-ring (bicyclic) bond motifs is 2. The number of nitrogens with two attached hydrogens (primary N) is 1. The zero-order valence-electron chi connectivity index (χ0n) is 23.4. The van der Waals surface area contributed by atoms with E-state index >= 15 is 4.39 Å². The standard InChI is InChI=1S/C31H41ClFN3O4S/c32-23-10-6-20(7-11-23)30(21-8-13-26(37)14-9-21)31(34)29(38)17-22-3-1-5-28(33)27(22)15-12-25-18-35-24-4-2-16-41(39,40)36(25)19-24/h1,3,5-7,10-11,21,24-26,30-31,35,37H,2,4,8-9,12-19,34H2/t21?,24-,25+,26?,30+,31?/m1/s1. The Labute approximate surface area is 247 Å². The summed E-state index contributed by atoms with van der Waals surface area (Å²) in [5.74, 6) is -0.504. The number of aliphatic hydroxyl groups excluding tert-OH is 1. The molecule has 2 aliphatic heterocycles. The largest absolute Gasteiger partial charge is 0.393 e. The lowest BCUT2D eigenvalue weighted by Gasteiger charge is -2.37. The van der Waals surface area contributed by atoms with Crippen molar-refractivity contribution in [3.63, 3.8) is 0 Å². The number of nitrogens with one attached hydrogen (secondary N) is 1. The molecule has 2 saturated heterocycles. The zero-order valence-corrected chi connectivity index (χ0v) is 24.9. The Morgan fingerprint density at radius 2 is 1.85 bits per heavy atom. The van der Waals surface area contributed by atoms with Gasteiger partial charge in [0, 0.05) is 42.5 Å². The first-order valence-corrected chi connectivity index (χ1v) is 16.8. The molecule has 2 bridgehead atoms. The van der Waals surface area contributed by atoms with E-state index in [2.05, 4.69) is 5.32 Å². The van der Waals surface area contributed by atoms with Crippen molar-refractivity contribution >= 4 is 27.4 Å². The number of hydrogen-bond donors (Lipinski definition) is 3. The van der Waals surface area contributed by atoms with Crippen LogP contribution in [-0.2, 0) is 27.7 Å². The van der Waals surface area contributed by atoms with E-state index in [1.807, 2.05) is 12.1 Å². The molecule has 10 heteroatoms. The minimum atomic E-state index is -3.34. The molecule has 5 atom stereocenters. The number of aliphatic hydroxyl groups is 1. The molecule has 3 fully saturated rings. The van der Waals surface area contributed by atoms with Crippen molar-refractivity contribution in [1.82, 2.24) is 9.62 Å². The van der Waals surface area contributed by atoms with E-state index < -0.39 is 16.1 Å². The van der Waals surface area contributed by atoms with Crippen molar-refractivity contribution in [3.05, 3.63) is 70.0 Å². The quantitative estimate of drug-likeness (QED) is 0.399. The number of benzene rings is 2. The van der Waals surface area contributed by atoms with E-state index in [0.717, 1.165) is 24.8 Å². The minimum absolute atomic E-state index is 0.000693. The summed E-state index contributed by atoms with van der Waals surface area (Å²) in [7, 11) is -3.34. The number of hydrogen-bond acceptors (Lipinski definition) is 6. The highest BCUT2D eigenvalue weighted by Gasteiger charge is 2.38. The summed E-state index contributed by atoms with van der Waals surface area (Å²) in [6.45, 7) is 0.991. The van der Waals surface area contributed by atoms with E-state index in [9.17, 15) is 18.3 Å². The van der Waals surface area contributed by atoms with Gasteiger partial charge in [0.15, 0.2) is 5.78 Å². The molecule has 2 aromatic rings. The van der Waals surface area contributed by atoms with Crippen molar-refractivity contribution < 1.29 is 22.7 Å². The Kier molecular flexibility index (Phi) is 9.83. The molecular formula is C31H41ClFN3O4S. The zero-order chi connectivity index (χ0) is 29.1. The molecule has 3 aliphatic rings. The number of sulfonamides is 1. The van der Waals surface area contributed by atoms with Crippen molar-refractivity contribution in [1.29, 1.82) is 0 Å². The molecule has 5 rings (SSSR count). The molecule has 0 radical (unpaired) electrons. The van der Waals surface area contributed by atoms with Gasteiger partial charge < -0.3 is 16.2 Å². The third-order valence-electron chi connectivity index (χ3n) is 9.33. The number of nitrogens with zero attached hydrogens (tertiary/aromatic N) is 1.